The molecule has 0 atom stereocenters. The van der Waals surface area contributed by atoms with E-state index in [1.807, 2.05) is 71.9 Å². The third kappa shape index (κ3) is 11.5. The minimum absolute atomic E-state index is 0.123. The van der Waals surface area contributed by atoms with Crippen molar-refractivity contribution in [3.63, 3.8) is 0 Å². The summed E-state index contributed by atoms with van der Waals surface area (Å²) in [6, 6.07) is 9.78. The number of hydrogen-bond acceptors (Lipinski definition) is 2. The van der Waals surface area contributed by atoms with Crippen molar-refractivity contribution in [1.29, 1.82) is 5.41 Å². The van der Waals surface area contributed by atoms with Crippen LogP contribution in [0.4, 0.5) is 0 Å². The second-order valence-corrected chi connectivity index (χ2v) is 2.97. The summed E-state index contributed by atoms with van der Waals surface area (Å²) in [5.41, 5.74) is 1.62. The summed E-state index contributed by atoms with van der Waals surface area (Å²) < 4.78 is 0. The van der Waals surface area contributed by atoms with E-state index in [2.05, 4.69) is 6.58 Å². The third-order valence-corrected chi connectivity index (χ3v) is 1.94. The Balaban J connectivity index is -0.000000425. The SMILES string of the molecule is C=C(CO)N(C=N)Cc1ccccc1.CC.CC.CC. The lowest BCUT2D eigenvalue weighted by Crippen LogP contribution is -2.21. The summed E-state index contributed by atoms with van der Waals surface area (Å²) in [5, 5.41) is 16.0. The van der Waals surface area contributed by atoms with Crippen LogP contribution in [0.2, 0.25) is 0 Å². The van der Waals surface area contributed by atoms with Crippen molar-refractivity contribution in [2.75, 3.05) is 6.61 Å². The zero-order valence-electron chi connectivity index (χ0n) is 14.0. The molecule has 0 saturated heterocycles. The van der Waals surface area contributed by atoms with Gasteiger partial charge in [-0.05, 0) is 5.56 Å². The van der Waals surface area contributed by atoms with Crippen molar-refractivity contribution in [2.45, 2.75) is 48.1 Å². The molecule has 0 fully saturated rings. The lowest BCUT2D eigenvalue weighted by atomic mass is 10.2. The van der Waals surface area contributed by atoms with Crippen LogP contribution < -0.4 is 0 Å². The Labute approximate surface area is 125 Å². The number of nitrogens with zero attached hydrogens (tertiary/aromatic N) is 1. The lowest BCUT2D eigenvalue weighted by Gasteiger charge is -2.19. The van der Waals surface area contributed by atoms with Gasteiger partial charge in [0.25, 0.3) is 0 Å². The van der Waals surface area contributed by atoms with Crippen LogP contribution >= 0.6 is 0 Å². The molecule has 20 heavy (non-hydrogen) atoms. The Hall–Kier alpha value is -1.61. The quantitative estimate of drug-likeness (QED) is 0.607. The van der Waals surface area contributed by atoms with E-state index in [1.165, 1.54) is 6.34 Å². The van der Waals surface area contributed by atoms with Crippen LogP contribution in [0.3, 0.4) is 0 Å². The largest absolute Gasteiger partial charge is 0.390 e. The van der Waals surface area contributed by atoms with Gasteiger partial charge in [0.05, 0.1) is 12.9 Å². The molecule has 2 N–H and O–H groups in total. The van der Waals surface area contributed by atoms with E-state index >= 15 is 0 Å². The average Bonchev–Trinajstić information content (AvgIpc) is 2.58. The summed E-state index contributed by atoms with van der Waals surface area (Å²) >= 11 is 0. The van der Waals surface area contributed by atoms with Crippen LogP contribution in [0.15, 0.2) is 42.6 Å². The topological polar surface area (TPSA) is 47.3 Å². The van der Waals surface area contributed by atoms with E-state index in [9.17, 15) is 0 Å². The number of aliphatic hydroxyl groups excluding tert-OH is 1. The van der Waals surface area contributed by atoms with Gasteiger partial charge >= 0.3 is 0 Å². The van der Waals surface area contributed by atoms with Gasteiger partial charge in [-0.15, -0.1) is 0 Å². The molecule has 0 amide bonds. The Morgan fingerprint density at radius 1 is 1.10 bits per heavy atom. The minimum atomic E-state index is -0.123. The van der Waals surface area contributed by atoms with E-state index in [0.29, 0.717) is 12.2 Å². The second kappa shape index (κ2) is 19.7. The Kier molecular flexibility index (Phi) is 23.2. The van der Waals surface area contributed by atoms with Gasteiger partial charge in [-0.2, -0.15) is 0 Å². The molecular formula is C17H32N2O. The highest BCUT2D eigenvalue weighted by Crippen LogP contribution is 2.06. The van der Waals surface area contributed by atoms with Gasteiger partial charge in [0.15, 0.2) is 0 Å². The summed E-state index contributed by atoms with van der Waals surface area (Å²) in [4.78, 5) is 1.61. The van der Waals surface area contributed by atoms with E-state index in [4.69, 9.17) is 10.5 Å². The molecule has 1 rings (SSSR count). The lowest BCUT2D eigenvalue weighted by molar-refractivity contribution is 0.295. The molecule has 0 unspecified atom stereocenters. The molecule has 0 spiro atoms. The monoisotopic (exact) mass is 280 g/mol. The molecule has 0 aliphatic rings. The van der Waals surface area contributed by atoms with Crippen LogP contribution in [-0.2, 0) is 6.54 Å². The van der Waals surface area contributed by atoms with Crippen LogP contribution in [0.1, 0.15) is 47.1 Å². The molecule has 1 aromatic rings. The fourth-order valence-electron chi connectivity index (χ4n) is 1.12. The first-order valence-corrected chi connectivity index (χ1v) is 7.37. The van der Waals surface area contributed by atoms with Gasteiger partial charge < -0.3 is 10.0 Å². The molecule has 3 nitrogen and oxygen atoms in total. The predicted molar refractivity (Wildman–Crippen MR) is 91.0 cm³/mol. The van der Waals surface area contributed by atoms with Crippen molar-refractivity contribution in [1.82, 2.24) is 4.90 Å². The van der Waals surface area contributed by atoms with Crippen LogP contribution in [-0.4, -0.2) is 23.0 Å². The van der Waals surface area contributed by atoms with Gasteiger partial charge in [0, 0.05) is 12.2 Å². The maximum Gasteiger partial charge on any atom is 0.0863 e. The van der Waals surface area contributed by atoms with E-state index in [0.717, 1.165) is 5.56 Å². The van der Waals surface area contributed by atoms with Gasteiger partial charge in [0.2, 0.25) is 0 Å². The van der Waals surface area contributed by atoms with Gasteiger partial charge in [-0.25, -0.2) is 0 Å². The van der Waals surface area contributed by atoms with Gasteiger partial charge in [0.1, 0.15) is 0 Å². The maximum absolute atomic E-state index is 8.87. The van der Waals surface area contributed by atoms with E-state index in [-0.39, 0.29) is 6.61 Å². The first-order chi connectivity index (χ1) is 9.77. The molecule has 0 aliphatic heterocycles. The molecule has 3 heteroatoms. The zero-order chi connectivity index (χ0) is 16.4. The molecule has 0 aromatic heterocycles. The molecule has 0 bridgehead atoms. The Morgan fingerprint density at radius 2 is 1.55 bits per heavy atom. The van der Waals surface area contributed by atoms with Crippen LogP contribution in [0.5, 0.6) is 0 Å². The number of aliphatic hydroxyl groups is 1. The fourth-order valence-corrected chi connectivity index (χ4v) is 1.12. The molecule has 0 heterocycles. The number of rotatable bonds is 5. The first-order valence-electron chi connectivity index (χ1n) is 7.37. The maximum atomic E-state index is 8.87. The van der Waals surface area contributed by atoms with Crippen molar-refractivity contribution >= 4 is 6.34 Å². The third-order valence-electron chi connectivity index (χ3n) is 1.94. The molecular weight excluding hydrogens is 248 g/mol. The van der Waals surface area contributed by atoms with Crippen LogP contribution in [0.25, 0.3) is 0 Å². The van der Waals surface area contributed by atoms with E-state index < -0.39 is 0 Å². The van der Waals surface area contributed by atoms with Gasteiger partial charge in [-0.1, -0.05) is 78.5 Å². The minimum Gasteiger partial charge on any atom is -0.390 e. The number of nitrogens with one attached hydrogen (secondary N) is 1. The van der Waals surface area contributed by atoms with Gasteiger partial charge in [-0.3, -0.25) is 5.41 Å². The standard InChI is InChI=1S/C11H14N2O.3C2H6/c1-10(8-14)13(9-12)7-11-5-3-2-4-6-11;3*1-2/h2-6,9,12,14H,1,7-8H2;3*1-2H3. The summed E-state index contributed by atoms with van der Waals surface area (Å²) in [6.45, 7) is 16.1. The van der Waals surface area contributed by atoms with Crippen LogP contribution in [0, 0.1) is 5.41 Å². The highest BCUT2D eigenvalue weighted by atomic mass is 16.3. The second-order valence-electron chi connectivity index (χ2n) is 2.97. The molecule has 0 aliphatic carbocycles. The molecule has 116 valence electrons. The Morgan fingerprint density at radius 3 is 1.90 bits per heavy atom. The first kappa shape index (κ1) is 23.5. The molecule has 1 aromatic carbocycles. The smallest absolute Gasteiger partial charge is 0.0863 e. The van der Waals surface area contributed by atoms with Crippen molar-refractivity contribution < 1.29 is 5.11 Å². The average molecular weight is 280 g/mol. The zero-order valence-corrected chi connectivity index (χ0v) is 14.0. The summed E-state index contributed by atoms with van der Waals surface area (Å²) in [6.07, 6.45) is 1.17. The summed E-state index contributed by atoms with van der Waals surface area (Å²) in [5.74, 6) is 0. The normalized spacial score (nSPS) is 7.55. The summed E-state index contributed by atoms with van der Waals surface area (Å²) in [7, 11) is 0. The highest BCUT2D eigenvalue weighted by molar-refractivity contribution is 5.54. The van der Waals surface area contributed by atoms with Crippen molar-refractivity contribution in [3.05, 3.63) is 48.2 Å². The van der Waals surface area contributed by atoms with E-state index in [1.54, 1.807) is 4.90 Å². The molecule has 0 radical (unpaired) electrons. The molecule has 0 saturated carbocycles. The Bertz CT molecular complexity index is 310. The number of hydrogen-bond donors (Lipinski definition) is 2. The van der Waals surface area contributed by atoms with Crippen molar-refractivity contribution in [2.24, 2.45) is 0 Å². The predicted octanol–water partition coefficient (Wildman–Crippen LogP) is 4.68. The van der Waals surface area contributed by atoms with Crippen molar-refractivity contribution in [3.8, 4) is 0 Å². The number of benzene rings is 1. The highest BCUT2D eigenvalue weighted by Gasteiger charge is 2.03. The fraction of sp³-hybridized carbons (Fsp3) is 0.471.